The second-order valence-corrected chi connectivity index (χ2v) is 8.35. The lowest BCUT2D eigenvalue weighted by Gasteiger charge is -2.44. The first kappa shape index (κ1) is 18.0. The molecule has 2 N–H and O–H groups in total. The van der Waals surface area contributed by atoms with Crippen LogP contribution in [0, 0.1) is 13.8 Å². The van der Waals surface area contributed by atoms with Gasteiger partial charge in [-0.15, -0.1) is 0 Å². The first-order valence-corrected chi connectivity index (χ1v) is 10.3. The molecule has 2 aromatic rings. The van der Waals surface area contributed by atoms with Crippen LogP contribution < -0.4 is 0 Å². The molecular weight excluding hydrogens is 322 g/mol. The van der Waals surface area contributed by atoms with Crippen molar-refractivity contribution in [2.75, 3.05) is 26.2 Å². The molecule has 0 amide bonds. The third kappa shape index (κ3) is 3.55. The van der Waals surface area contributed by atoms with Crippen molar-refractivity contribution in [1.82, 2.24) is 14.8 Å². The van der Waals surface area contributed by atoms with Crippen molar-refractivity contribution in [3.8, 4) is 0 Å². The predicted octanol–water partition coefficient (Wildman–Crippen LogP) is 3.60. The summed E-state index contributed by atoms with van der Waals surface area (Å²) in [6, 6.07) is 7.93. The monoisotopic (exact) mass is 355 g/mol. The van der Waals surface area contributed by atoms with Gasteiger partial charge < -0.3 is 10.1 Å². The normalized spacial score (nSPS) is 23.3. The lowest BCUT2D eigenvalue weighted by molar-refractivity contribution is 0.0263. The summed E-state index contributed by atoms with van der Waals surface area (Å²) in [4.78, 5) is 8.94. The van der Waals surface area contributed by atoms with E-state index in [0.29, 0.717) is 12.6 Å². The number of nitrogens with zero attached hydrogens (tertiary/aromatic N) is 2. The van der Waals surface area contributed by atoms with Crippen LogP contribution in [0.1, 0.15) is 48.9 Å². The summed E-state index contributed by atoms with van der Waals surface area (Å²) >= 11 is 0. The molecule has 2 fully saturated rings. The van der Waals surface area contributed by atoms with E-state index in [1.54, 1.807) is 0 Å². The van der Waals surface area contributed by atoms with Crippen molar-refractivity contribution in [2.24, 2.45) is 0 Å². The van der Waals surface area contributed by atoms with E-state index in [1.165, 1.54) is 53.4 Å². The van der Waals surface area contributed by atoms with Crippen molar-refractivity contribution in [3.05, 3.63) is 35.0 Å². The summed E-state index contributed by atoms with van der Waals surface area (Å²) in [7, 11) is 0. The van der Waals surface area contributed by atoms with E-state index >= 15 is 0 Å². The largest absolute Gasteiger partial charge is 0.396 e. The van der Waals surface area contributed by atoms with Crippen LogP contribution in [-0.2, 0) is 6.54 Å². The van der Waals surface area contributed by atoms with Crippen LogP contribution in [0.5, 0.6) is 0 Å². The number of H-pyrrole nitrogens is 1. The van der Waals surface area contributed by atoms with Gasteiger partial charge in [-0.3, -0.25) is 9.80 Å². The molecule has 1 saturated heterocycles. The van der Waals surface area contributed by atoms with Gasteiger partial charge in [0.25, 0.3) is 0 Å². The summed E-state index contributed by atoms with van der Waals surface area (Å²) < 4.78 is 0. The summed E-state index contributed by atoms with van der Waals surface area (Å²) in [6.07, 6.45) is 6.36. The Morgan fingerprint density at radius 1 is 1.15 bits per heavy atom. The van der Waals surface area contributed by atoms with Crippen LogP contribution in [0.3, 0.4) is 0 Å². The number of aromatic nitrogens is 1. The molecule has 0 radical (unpaired) electrons. The van der Waals surface area contributed by atoms with Crippen LogP contribution in [-0.4, -0.2) is 58.2 Å². The van der Waals surface area contributed by atoms with Gasteiger partial charge in [-0.25, -0.2) is 0 Å². The Morgan fingerprint density at radius 2 is 1.96 bits per heavy atom. The minimum absolute atomic E-state index is 0.298. The number of aliphatic hydroxyl groups is 1. The van der Waals surface area contributed by atoms with E-state index in [4.69, 9.17) is 0 Å². The number of aromatic amines is 1. The topological polar surface area (TPSA) is 42.5 Å². The molecule has 26 heavy (non-hydrogen) atoms. The Balaban J connectivity index is 1.48. The lowest BCUT2D eigenvalue weighted by atomic mass is 10.0. The molecule has 2 aliphatic rings. The van der Waals surface area contributed by atoms with Crippen LogP contribution in [0.25, 0.3) is 10.9 Å². The third-order valence-electron chi connectivity index (χ3n) is 6.57. The van der Waals surface area contributed by atoms with Gasteiger partial charge in [0.15, 0.2) is 0 Å². The Labute approximate surface area is 157 Å². The van der Waals surface area contributed by atoms with Gasteiger partial charge >= 0.3 is 0 Å². The van der Waals surface area contributed by atoms with Gasteiger partial charge in [0.1, 0.15) is 0 Å². The maximum Gasteiger partial charge on any atom is 0.0459 e. The van der Waals surface area contributed by atoms with E-state index in [-0.39, 0.29) is 0 Å². The Morgan fingerprint density at radius 3 is 2.73 bits per heavy atom. The molecular formula is C22H33N3O. The van der Waals surface area contributed by atoms with Crippen molar-refractivity contribution in [3.63, 3.8) is 0 Å². The molecule has 4 rings (SSSR count). The average molecular weight is 356 g/mol. The molecule has 0 spiro atoms. The third-order valence-corrected chi connectivity index (χ3v) is 6.57. The smallest absolute Gasteiger partial charge is 0.0459 e. The molecule has 142 valence electrons. The number of rotatable bonds is 5. The maximum atomic E-state index is 9.57. The SMILES string of the molecule is Cc1ccc2[nH]c(CN3CCN(C4CCCC4)C(CCO)C3)c(C)c2c1. The highest BCUT2D eigenvalue weighted by Gasteiger charge is 2.33. The van der Waals surface area contributed by atoms with E-state index in [2.05, 4.69) is 46.8 Å². The van der Waals surface area contributed by atoms with Gasteiger partial charge in [0, 0.05) is 61.5 Å². The van der Waals surface area contributed by atoms with Crippen LogP contribution in [0.15, 0.2) is 18.2 Å². The molecule has 4 heteroatoms. The zero-order valence-electron chi connectivity index (χ0n) is 16.3. The number of fused-ring (bicyclic) bond motifs is 1. The van der Waals surface area contributed by atoms with Gasteiger partial charge in [0.05, 0.1) is 0 Å². The molecule has 1 unspecified atom stereocenters. The summed E-state index contributed by atoms with van der Waals surface area (Å²) in [5, 5.41) is 10.9. The highest BCUT2D eigenvalue weighted by atomic mass is 16.3. The fraction of sp³-hybridized carbons (Fsp3) is 0.636. The van der Waals surface area contributed by atoms with E-state index in [0.717, 1.165) is 38.6 Å². The predicted molar refractivity (Wildman–Crippen MR) is 108 cm³/mol. The standard InChI is InChI=1S/C22H33N3O/c1-16-7-8-21-20(13-16)17(2)22(23-21)15-24-10-11-25(18-5-3-4-6-18)19(14-24)9-12-26/h7-8,13,18-19,23,26H,3-6,9-12,14-15H2,1-2H3. The maximum absolute atomic E-state index is 9.57. The Hall–Kier alpha value is -1.36. The van der Waals surface area contributed by atoms with Crippen molar-refractivity contribution < 1.29 is 5.11 Å². The van der Waals surface area contributed by atoms with E-state index < -0.39 is 0 Å². The highest BCUT2D eigenvalue weighted by Crippen LogP contribution is 2.29. The molecule has 1 aromatic heterocycles. The lowest BCUT2D eigenvalue weighted by Crippen LogP contribution is -2.56. The molecule has 1 atom stereocenters. The van der Waals surface area contributed by atoms with Gasteiger partial charge in [-0.05, 0) is 50.8 Å². The fourth-order valence-corrected chi connectivity index (χ4v) is 5.08. The molecule has 1 saturated carbocycles. The second-order valence-electron chi connectivity index (χ2n) is 8.35. The molecule has 1 aliphatic heterocycles. The van der Waals surface area contributed by atoms with E-state index in [1.807, 2.05) is 0 Å². The Bertz CT molecular complexity index is 747. The second kappa shape index (κ2) is 7.71. The number of aryl methyl sites for hydroxylation is 2. The minimum Gasteiger partial charge on any atom is -0.396 e. The number of hydrogen-bond donors (Lipinski definition) is 2. The fourth-order valence-electron chi connectivity index (χ4n) is 5.08. The Kier molecular flexibility index (Phi) is 5.35. The van der Waals surface area contributed by atoms with Crippen molar-refractivity contribution in [2.45, 2.75) is 64.6 Å². The average Bonchev–Trinajstić information content (AvgIpc) is 3.26. The number of piperazine rings is 1. The molecule has 0 bridgehead atoms. The first-order valence-electron chi connectivity index (χ1n) is 10.3. The number of aliphatic hydroxyl groups excluding tert-OH is 1. The summed E-state index contributed by atoms with van der Waals surface area (Å²) in [5.74, 6) is 0. The zero-order chi connectivity index (χ0) is 18.1. The molecule has 4 nitrogen and oxygen atoms in total. The minimum atomic E-state index is 0.298. The van der Waals surface area contributed by atoms with Crippen LogP contribution in [0.2, 0.25) is 0 Å². The van der Waals surface area contributed by atoms with Gasteiger partial charge in [-0.2, -0.15) is 0 Å². The molecule has 1 aromatic carbocycles. The number of nitrogens with one attached hydrogen (secondary N) is 1. The van der Waals surface area contributed by atoms with Gasteiger partial charge in [0.2, 0.25) is 0 Å². The van der Waals surface area contributed by atoms with E-state index in [9.17, 15) is 5.11 Å². The zero-order valence-corrected chi connectivity index (χ0v) is 16.3. The van der Waals surface area contributed by atoms with Crippen LogP contribution in [0.4, 0.5) is 0 Å². The van der Waals surface area contributed by atoms with Crippen LogP contribution >= 0.6 is 0 Å². The number of benzene rings is 1. The highest BCUT2D eigenvalue weighted by molar-refractivity contribution is 5.85. The quantitative estimate of drug-likeness (QED) is 0.861. The number of hydrogen-bond acceptors (Lipinski definition) is 3. The van der Waals surface area contributed by atoms with Gasteiger partial charge in [-0.1, -0.05) is 24.5 Å². The summed E-state index contributed by atoms with van der Waals surface area (Å²) in [6.45, 7) is 9.04. The van der Waals surface area contributed by atoms with Crippen molar-refractivity contribution >= 4 is 10.9 Å². The summed E-state index contributed by atoms with van der Waals surface area (Å²) in [5.41, 5.74) is 5.31. The molecule has 1 aliphatic carbocycles. The van der Waals surface area contributed by atoms with Crippen molar-refractivity contribution in [1.29, 1.82) is 0 Å². The molecule has 2 heterocycles. The first-order chi connectivity index (χ1) is 12.7.